The van der Waals surface area contributed by atoms with Crippen LogP contribution in [0, 0.1) is 10.1 Å². The van der Waals surface area contributed by atoms with Crippen molar-refractivity contribution in [3.63, 3.8) is 0 Å². The summed E-state index contributed by atoms with van der Waals surface area (Å²) in [4.78, 5) is 16.5. The highest BCUT2D eigenvalue weighted by molar-refractivity contribution is 7.99. The van der Waals surface area contributed by atoms with Crippen molar-refractivity contribution in [1.29, 1.82) is 0 Å². The summed E-state index contributed by atoms with van der Waals surface area (Å²) in [5.41, 5.74) is 3.37. The van der Waals surface area contributed by atoms with Crippen LogP contribution in [0.1, 0.15) is 5.56 Å². The van der Waals surface area contributed by atoms with Crippen LogP contribution < -0.4 is 5.43 Å². The van der Waals surface area contributed by atoms with Crippen molar-refractivity contribution >= 4 is 41.1 Å². The van der Waals surface area contributed by atoms with Crippen molar-refractivity contribution < 1.29 is 4.92 Å². The van der Waals surface area contributed by atoms with Gasteiger partial charge in [0, 0.05) is 32.6 Å². The predicted octanol–water partition coefficient (Wildman–Crippen LogP) is 5.24. The number of nitro groups is 1. The summed E-state index contributed by atoms with van der Waals surface area (Å²) in [5, 5.41) is 15.8. The van der Waals surface area contributed by atoms with E-state index in [9.17, 15) is 10.1 Å². The number of hydrogen-bond donors (Lipinski definition) is 1. The van der Waals surface area contributed by atoms with E-state index in [-0.39, 0.29) is 11.5 Å². The molecule has 6 nitrogen and oxygen atoms in total. The van der Waals surface area contributed by atoms with Crippen molar-refractivity contribution in [1.82, 2.24) is 4.98 Å². The zero-order valence-corrected chi connectivity index (χ0v) is 14.9. The highest BCUT2D eigenvalue weighted by Crippen LogP contribution is 2.30. The van der Waals surface area contributed by atoms with Crippen LogP contribution in [0.3, 0.4) is 0 Å². The molecule has 1 N–H and O–H groups in total. The average molecular weight is 385 g/mol. The number of hydrazone groups is 1. The number of benzene rings is 2. The van der Waals surface area contributed by atoms with Crippen LogP contribution in [0.4, 0.5) is 11.5 Å². The lowest BCUT2D eigenvalue weighted by atomic mass is 10.2. The van der Waals surface area contributed by atoms with E-state index in [0.29, 0.717) is 5.02 Å². The second-order valence-corrected chi connectivity index (χ2v) is 6.64. The van der Waals surface area contributed by atoms with Gasteiger partial charge in [0.2, 0.25) is 5.82 Å². The lowest BCUT2D eigenvalue weighted by Crippen LogP contribution is -1.99. The van der Waals surface area contributed by atoms with E-state index in [1.165, 1.54) is 18.3 Å². The molecule has 2 aromatic carbocycles. The van der Waals surface area contributed by atoms with Crippen molar-refractivity contribution in [3.8, 4) is 0 Å². The van der Waals surface area contributed by atoms with Gasteiger partial charge < -0.3 is 0 Å². The maximum atomic E-state index is 11.0. The zero-order chi connectivity index (χ0) is 18.4. The first kappa shape index (κ1) is 17.9. The predicted molar refractivity (Wildman–Crippen MR) is 104 cm³/mol. The molecule has 0 aliphatic rings. The van der Waals surface area contributed by atoms with E-state index in [1.54, 1.807) is 18.0 Å². The van der Waals surface area contributed by atoms with Gasteiger partial charge in [-0.3, -0.25) is 15.5 Å². The number of pyridine rings is 1. The minimum atomic E-state index is -0.505. The van der Waals surface area contributed by atoms with Gasteiger partial charge in [0.25, 0.3) is 0 Å². The molecule has 1 aromatic heterocycles. The van der Waals surface area contributed by atoms with Gasteiger partial charge >= 0.3 is 5.69 Å². The first-order chi connectivity index (χ1) is 12.6. The first-order valence-corrected chi connectivity index (χ1v) is 8.74. The van der Waals surface area contributed by atoms with Gasteiger partial charge in [-0.25, -0.2) is 4.98 Å². The second kappa shape index (κ2) is 8.46. The molecule has 0 fully saturated rings. The van der Waals surface area contributed by atoms with Crippen molar-refractivity contribution in [2.45, 2.75) is 9.79 Å². The Morgan fingerprint density at radius 1 is 1.12 bits per heavy atom. The summed E-state index contributed by atoms with van der Waals surface area (Å²) in [5.74, 6) is 0.0941. The summed E-state index contributed by atoms with van der Waals surface area (Å²) in [7, 11) is 0. The molecule has 1 heterocycles. The zero-order valence-electron chi connectivity index (χ0n) is 13.4. The van der Waals surface area contributed by atoms with E-state index in [1.807, 2.05) is 48.5 Å². The number of anilines is 1. The quantitative estimate of drug-likeness (QED) is 0.357. The Morgan fingerprint density at radius 3 is 2.65 bits per heavy atom. The van der Waals surface area contributed by atoms with E-state index in [0.717, 1.165) is 15.4 Å². The molecule has 0 aliphatic carbocycles. The molecule has 0 atom stereocenters. The lowest BCUT2D eigenvalue weighted by molar-refractivity contribution is -0.384. The molecule has 0 aliphatic heterocycles. The Kier molecular flexibility index (Phi) is 5.83. The van der Waals surface area contributed by atoms with Gasteiger partial charge in [0.1, 0.15) is 0 Å². The molecule has 0 bridgehead atoms. The molecule has 8 heteroatoms. The fourth-order valence-electron chi connectivity index (χ4n) is 2.10. The van der Waals surface area contributed by atoms with Crippen LogP contribution in [0.15, 0.2) is 81.8 Å². The molecule has 0 saturated carbocycles. The fraction of sp³-hybridized carbons (Fsp3) is 0. The summed E-state index contributed by atoms with van der Waals surface area (Å²) >= 11 is 7.49. The largest absolute Gasteiger partial charge is 0.313 e. The first-order valence-electron chi connectivity index (χ1n) is 7.54. The highest BCUT2D eigenvalue weighted by Gasteiger charge is 2.13. The Bertz CT molecular complexity index is 948. The van der Waals surface area contributed by atoms with Gasteiger partial charge in [-0.2, -0.15) is 5.10 Å². The normalized spacial score (nSPS) is 10.8. The molecular formula is C18H13ClN4O2S. The average Bonchev–Trinajstić information content (AvgIpc) is 2.65. The van der Waals surface area contributed by atoms with Crippen LogP contribution >= 0.6 is 23.4 Å². The number of rotatable bonds is 6. The summed E-state index contributed by atoms with van der Waals surface area (Å²) < 4.78 is 0. The summed E-state index contributed by atoms with van der Waals surface area (Å²) in [6.07, 6.45) is 3.08. The lowest BCUT2D eigenvalue weighted by Gasteiger charge is -2.06. The van der Waals surface area contributed by atoms with Crippen molar-refractivity contribution in [3.05, 3.63) is 87.6 Å². The Labute approximate surface area is 159 Å². The van der Waals surface area contributed by atoms with E-state index < -0.39 is 4.92 Å². The molecule has 0 radical (unpaired) electrons. The summed E-state index contributed by atoms with van der Waals surface area (Å²) in [6.45, 7) is 0. The molecule has 3 rings (SSSR count). The minimum absolute atomic E-state index is 0.0941. The standard InChI is InChI=1S/C18H13ClN4O2S/c19-14-7-9-15(10-8-14)26-17-6-2-1-4-13(17)12-21-22-18-16(23(24)25)5-3-11-20-18/h1-12H,(H,20,22)/b21-12+. The molecule has 0 amide bonds. The van der Waals surface area contributed by atoms with Crippen molar-refractivity contribution in [2.75, 3.05) is 5.43 Å². The maximum absolute atomic E-state index is 11.0. The SMILES string of the molecule is O=[N+]([O-])c1cccnc1N/N=C/c1ccccc1Sc1ccc(Cl)cc1. The number of hydrogen-bond acceptors (Lipinski definition) is 6. The molecule has 26 heavy (non-hydrogen) atoms. The van der Waals surface area contributed by atoms with Gasteiger partial charge in [-0.15, -0.1) is 0 Å². The fourth-order valence-corrected chi connectivity index (χ4v) is 3.14. The molecule has 0 unspecified atom stereocenters. The third-order valence-corrected chi connectivity index (χ3v) is 4.67. The molecule has 0 saturated heterocycles. The Hall–Kier alpha value is -2.90. The van der Waals surface area contributed by atoms with Crippen LogP contribution in [0.25, 0.3) is 0 Å². The number of nitrogens with zero attached hydrogens (tertiary/aromatic N) is 3. The van der Waals surface area contributed by atoms with Crippen molar-refractivity contribution in [2.24, 2.45) is 5.10 Å². The van der Waals surface area contributed by atoms with E-state index in [2.05, 4.69) is 15.5 Å². The number of aromatic nitrogens is 1. The monoisotopic (exact) mass is 384 g/mol. The third kappa shape index (κ3) is 4.59. The molecule has 130 valence electrons. The van der Waals surface area contributed by atoms with Crippen LogP contribution in [-0.2, 0) is 0 Å². The minimum Gasteiger partial charge on any atom is -0.258 e. The number of nitrogens with one attached hydrogen (secondary N) is 1. The second-order valence-electron chi connectivity index (χ2n) is 5.09. The molecule has 3 aromatic rings. The highest BCUT2D eigenvalue weighted by atomic mass is 35.5. The third-order valence-electron chi connectivity index (χ3n) is 3.32. The Morgan fingerprint density at radius 2 is 1.88 bits per heavy atom. The van der Waals surface area contributed by atoms with Gasteiger partial charge in [0.05, 0.1) is 11.1 Å². The van der Waals surface area contributed by atoms with Gasteiger partial charge in [0.15, 0.2) is 0 Å². The molecular weight excluding hydrogens is 372 g/mol. The number of halogens is 1. The van der Waals surface area contributed by atoms with Crippen LogP contribution in [-0.4, -0.2) is 16.1 Å². The molecule has 0 spiro atoms. The van der Waals surface area contributed by atoms with E-state index >= 15 is 0 Å². The van der Waals surface area contributed by atoms with Crippen LogP contribution in [0.2, 0.25) is 5.02 Å². The van der Waals surface area contributed by atoms with E-state index in [4.69, 9.17) is 11.6 Å². The smallest absolute Gasteiger partial charge is 0.258 e. The maximum Gasteiger partial charge on any atom is 0.313 e. The Balaban J connectivity index is 1.77. The van der Waals surface area contributed by atoms with Gasteiger partial charge in [-0.05, 0) is 36.4 Å². The summed E-state index contributed by atoms with van der Waals surface area (Å²) in [6, 6.07) is 18.2. The van der Waals surface area contributed by atoms with Gasteiger partial charge in [-0.1, -0.05) is 41.6 Å². The topological polar surface area (TPSA) is 80.4 Å². The van der Waals surface area contributed by atoms with Crippen LogP contribution in [0.5, 0.6) is 0 Å².